The summed E-state index contributed by atoms with van der Waals surface area (Å²) in [5.74, 6) is 1.03. The highest BCUT2D eigenvalue weighted by Gasteiger charge is 2.29. The van der Waals surface area contributed by atoms with Crippen LogP contribution in [0.3, 0.4) is 0 Å². The van der Waals surface area contributed by atoms with Crippen LogP contribution in [0.2, 0.25) is 0 Å². The quantitative estimate of drug-likeness (QED) is 0.161. The van der Waals surface area contributed by atoms with Crippen LogP contribution < -0.4 is 10.1 Å². The number of nitrogens with zero attached hydrogens (tertiary/aromatic N) is 4. The van der Waals surface area contributed by atoms with Crippen molar-refractivity contribution in [3.05, 3.63) is 95.0 Å². The topological polar surface area (TPSA) is 104 Å². The Morgan fingerprint density at radius 3 is 2.51 bits per heavy atom. The lowest BCUT2D eigenvalue weighted by atomic mass is 10.1. The number of aromatic nitrogens is 4. The zero-order valence-corrected chi connectivity index (χ0v) is 24.0. The van der Waals surface area contributed by atoms with E-state index < -0.39 is 17.8 Å². The van der Waals surface area contributed by atoms with Crippen molar-refractivity contribution in [2.24, 2.45) is 0 Å². The van der Waals surface area contributed by atoms with E-state index in [9.17, 15) is 18.0 Å². The highest BCUT2D eigenvalue weighted by molar-refractivity contribution is 5.67. The molecule has 1 N–H and O–H groups in total. The predicted octanol–water partition coefficient (Wildman–Crippen LogP) is 6.73. The van der Waals surface area contributed by atoms with E-state index in [1.807, 2.05) is 44.3 Å². The molecule has 0 radical (unpaired) electrons. The molecule has 0 saturated carbocycles. The summed E-state index contributed by atoms with van der Waals surface area (Å²) in [6.45, 7) is 4.96. The standard InChI is InChI=1S/C31H34F3N5O4/c1-22(2)35-30(40)41-18-16-26-19-39(38-37-26)17-4-3-5-23-8-13-28(14-9-23)42-20-27-21-43-29(36-27)15-10-24-6-11-25(12-7-24)31(32,33)34/h6-15,19,21-22H,3-5,16-18,20H2,1-2H3,(H,35,40)/b15-10+. The summed E-state index contributed by atoms with van der Waals surface area (Å²) in [5.41, 5.74) is 2.48. The van der Waals surface area contributed by atoms with Crippen LogP contribution in [0.15, 0.2) is 65.4 Å². The third-order valence-corrected chi connectivity index (χ3v) is 6.22. The molecule has 4 aromatic rings. The molecule has 2 aromatic heterocycles. The lowest BCUT2D eigenvalue weighted by Crippen LogP contribution is -2.31. The molecular formula is C31H34F3N5O4. The number of carbonyl (C=O) groups excluding carboxylic acids is 1. The van der Waals surface area contributed by atoms with Gasteiger partial charge in [-0.2, -0.15) is 13.2 Å². The Morgan fingerprint density at radius 2 is 1.79 bits per heavy atom. The summed E-state index contributed by atoms with van der Waals surface area (Å²) in [4.78, 5) is 15.9. The van der Waals surface area contributed by atoms with Gasteiger partial charge in [0.05, 0.1) is 17.9 Å². The second-order valence-corrected chi connectivity index (χ2v) is 10.2. The van der Waals surface area contributed by atoms with E-state index in [2.05, 4.69) is 20.6 Å². The van der Waals surface area contributed by atoms with Gasteiger partial charge in [0.2, 0.25) is 5.89 Å². The molecule has 0 aliphatic heterocycles. The molecule has 228 valence electrons. The van der Waals surface area contributed by atoms with Gasteiger partial charge in [-0.3, -0.25) is 4.68 Å². The third-order valence-electron chi connectivity index (χ3n) is 6.22. The van der Waals surface area contributed by atoms with Crippen LogP contribution in [0.1, 0.15) is 60.7 Å². The van der Waals surface area contributed by atoms with Crippen molar-refractivity contribution in [3.63, 3.8) is 0 Å². The number of carbonyl (C=O) groups is 1. The molecule has 2 aromatic carbocycles. The molecule has 43 heavy (non-hydrogen) atoms. The number of aryl methyl sites for hydroxylation is 2. The molecule has 1 amide bonds. The van der Waals surface area contributed by atoms with Crippen LogP contribution in [-0.2, 0) is 36.9 Å². The number of benzene rings is 2. The number of amides is 1. The first kappa shape index (κ1) is 31.3. The summed E-state index contributed by atoms with van der Waals surface area (Å²) in [6.07, 6.45) is 5.14. The van der Waals surface area contributed by atoms with Crippen molar-refractivity contribution in [3.8, 4) is 5.75 Å². The van der Waals surface area contributed by atoms with Crippen LogP contribution in [0, 0.1) is 0 Å². The van der Waals surface area contributed by atoms with Crippen LogP contribution in [0.25, 0.3) is 12.2 Å². The summed E-state index contributed by atoms with van der Waals surface area (Å²) in [5, 5.41) is 11.0. The van der Waals surface area contributed by atoms with Crippen LogP contribution in [0.4, 0.5) is 18.0 Å². The Hall–Kier alpha value is -4.61. The average molecular weight is 598 g/mol. The third kappa shape index (κ3) is 10.6. The van der Waals surface area contributed by atoms with Gasteiger partial charge < -0.3 is 19.2 Å². The summed E-state index contributed by atoms with van der Waals surface area (Å²) >= 11 is 0. The number of alkyl carbamates (subject to hydrolysis) is 1. The van der Waals surface area contributed by atoms with E-state index in [1.54, 1.807) is 16.8 Å². The number of halogens is 3. The Balaban J connectivity index is 1.12. The predicted molar refractivity (Wildman–Crippen MR) is 154 cm³/mol. The number of hydrogen-bond acceptors (Lipinski definition) is 7. The molecule has 4 rings (SSSR count). The molecule has 2 heterocycles. The number of ether oxygens (including phenoxy) is 2. The molecule has 0 aliphatic rings. The molecule has 0 fully saturated rings. The molecular weight excluding hydrogens is 563 g/mol. The van der Waals surface area contributed by atoms with Crippen LogP contribution >= 0.6 is 0 Å². The lowest BCUT2D eigenvalue weighted by molar-refractivity contribution is -0.137. The molecule has 12 heteroatoms. The van der Waals surface area contributed by atoms with Gasteiger partial charge in [-0.25, -0.2) is 9.78 Å². The number of oxazole rings is 1. The molecule has 0 unspecified atom stereocenters. The first-order valence-corrected chi connectivity index (χ1v) is 14.0. The zero-order valence-electron chi connectivity index (χ0n) is 24.0. The Labute approximate surface area is 247 Å². The minimum atomic E-state index is -4.36. The number of rotatable bonds is 14. The van der Waals surface area contributed by atoms with E-state index >= 15 is 0 Å². The van der Waals surface area contributed by atoms with Crippen molar-refractivity contribution < 1.29 is 31.9 Å². The number of unbranched alkanes of at least 4 members (excludes halogenated alkanes) is 1. The van der Waals surface area contributed by atoms with Gasteiger partial charge in [0.1, 0.15) is 24.3 Å². The SMILES string of the molecule is CC(C)NC(=O)OCCc1cn(CCCCc2ccc(OCc3coc(/C=C/c4ccc(C(F)(F)F)cc4)n3)cc2)nn1. The van der Waals surface area contributed by atoms with Gasteiger partial charge in [0.25, 0.3) is 0 Å². The molecule has 0 atom stereocenters. The van der Waals surface area contributed by atoms with E-state index in [4.69, 9.17) is 13.9 Å². The number of alkyl halides is 3. The van der Waals surface area contributed by atoms with E-state index in [0.717, 1.165) is 43.6 Å². The zero-order chi connectivity index (χ0) is 30.7. The number of nitrogens with one attached hydrogen (secondary N) is 1. The Morgan fingerprint density at radius 1 is 1.02 bits per heavy atom. The fourth-order valence-electron chi connectivity index (χ4n) is 4.02. The first-order valence-electron chi connectivity index (χ1n) is 14.0. The Kier molecular flexibility index (Phi) is 11.0. The summed E-state index contributed by atoms with van der Waals surface area (Å²) in [6, 6.07) is 12.8. The smallest absolute Gasteiger partial charge is 0.416 e. The minimum Gasteiger partial charge on any atom is -0.487 e. The average Bonchev–Trinajstić information content (AvgIpc) is 3.62. The summed E-state index contributed by atoms with van der Waals surface area (Å²) in [7, 11) is 0. The summed E-state index contributed by atoms with van der Waals surface area (Å²) < 4.78 is 56.2. The van der Waals surface area contributed by atoms with Crippen molar-refractivity contribution in [1.29, 1.82) is 0 Å². The fraction of sp³-hybridized carbons (Fsp3) is 0.355. The minimum absolute atomic E-state index is 0.0314. The van der Waals surface area contributed by atoms with Crippen molar-refractivity contribution in [2.45, 2.75) is 64.9 Å². The fourth-order valence-corrected chi connectivity index (χ4v) is 4.02. The largest absolute Gasteiger partial charge is 0.487 e. The van der Waals surface area contributed by atoms with Crippen LogP contribution in [0.5, 0.6) is 5.75 Å². The van der Waals surface area contributed by atoms with Crippen molar-refractivity contribution >= 4 is 18.2 Å². The lowest BCUT2D eigenvalue weighted by Gasteiger charge is -2.08. The van der Waals surface area contributed by atoms with E-state index in [1.165, 1.54) is 24.0 Å². The van der Waals surface area contributed by atoms with Gasteiger partial charge in [0.15, 0.2) is 0 Å². The highest BCUT2D eigenvalue weighted by atomic mass is 19.4. The van der Waals surface area contributed by atoms with E-state index in [0.29, 0.717) is 29.3 Å². The maximum absolute atomic E-state index is 12.7. The number of hydrogen-bond donors (Lipinski definition) is 1. The second-order valence-electron chi connectivity index (χ2n) is 10.2. The highest BCUT2D eigenvalue weighted by Crippen LogP contribution is 2.29. The maximum Gasteiger partial charge on any atom is 0.416 e. The van der Waals surface area contributed by atoms with Crippen molar-refractivity contribution in [2.75, 3.05) is 6.61 Å². The molecule has 0 aliphatic carbocycles. The van der Waals surface area contributed by atoms with E-state index in [-0.39, 0.29) is 19.3 Å². The van der Waals surface area contributed by atoms with Crippen LogP contribution in [-0.4, -0.2) is 38.7 Å². The monoisotopic (exact) mass is 597 g/mol. The first-order chi connectivity index (χ1) is 20.6. The van der Waals surface area contributed by atoms with Gasteiger partial charge in [-0.1, -0.05) is 29.5 Å². The molecule has 9 nitrogen and oxygen atoms in total. The van der Waals surface area contributed by atoms with Gasteiger partial charge in [0, 0.05) is 31.3 Å². The normalized spacial score (nSPS) is 11.8. The maximum atomic E-state index is 12.7. The van der Waals surface area contributed by atoms with Gasteiger partial charge in [-0.05, 0) is 74.6 Å². The van der Waals surface area contributed by atoms with Gasteiger partial charge in [-0.15, -0.1) is 5.10 Å². The van der Waals surface area contributed by atoms with Crippen molar-refractivity contribution in [1.82, 2.24) is 25.3 Å². The molecule has 0 saturated heterocycles. The molecule has 0 bridgehead atoms. The second kappa shape index (κ2) is 15.0. The Bertz CT molecular complexity index is 1460. The van der Waals surface area contributed by atoms with Gasteiger partial charge >= 0.3 is 12.3 Å². The molecule has 0 spiro atoms.